The molecule has 0 amide bonds. The Labute approximate surface area is 83.8 Å². The van der Waals surface area contributed by atoms with Crippen LogP contribution in [0.4, 0.5) is 5.69 Å². The van der Waals surface area contributed by atoms with E-state index in [1.165, 1.54) is 0 Å². The van der Waals surface area contributed by atoms with Gasteiger partial charge in [0, 0.05) is 17.2 Å². The molecule has 0 aliphatic carbocycles. The normalized spacial score (nSPS) is 7.27. The van der Waals surface area contributed by atoms with E-state index in [0.29, 0.717) is 10.7 Å². The molecule has 0 atom stereocenters. The van der Waals surface area contributed by atoms with E-state index in [9.17, 15) is 0 Å². The van der Waals surface area contributed by atoms with Crippen LogP contribution in [0.15, 0.2) is 24.3 Å². The molecule has 0 unspecified atom stereocenters. The van der Waals surface area contributed by atoms with Crippen LogP contribution in [0.1, 0.15) is 0 Å². The number of hydrogen-bond acceptors (Lipinski definition) is 1. The van der Waals surface area contributed by atoms with Gasteiger partial charge in [-0.1, -0.05) is 11.6 Å². The van der Waals surface area contributed by atoms with Crippen molar-refractivity contribution in [3.8, 4) is 0 Å². The summed E-state index contributed by atoms with van der Waals surface area (Å²) >= 11 is 6.39. The summed E-state index contributed by atoms with van der Waals surface area (Å²) in [5.41, 5.74) is 0.513. The standard InChI is InChI=1S/C6H4ClN2.ClH.Zn/c7-5-1-3-6(9-8)4-2-5;;/h1-4H;1H;/q+1;;/p-1. The Hall–Kier alpha value is -0.157. The molecule has 0 bridgehead atoms. The second-order valence-corrected chi connectivity index (χ2v) is 2.01. The Bertz CT molecular complexity index is 242. The molecule has 11 heavy (non-hydrogen) atoms. The fourth-order valence-corrected chi connectivity index (χ4v) is 0.634. The molecule has 54 valence electrons. The molecule has 5 heteroatoms. The van der Waals surface area contributed by atoms with E-state index in [-0.39, 0.29) is 0 Å². The summed E-state index contributed by atoms with van der Waals surface area (Å²) in [6.45, 7) is 0. The fourth-order valence-electron chi connectivity index (χ4n) is 0.508. The van der Waals surface area contributed by atoms with Crippen molar-refractivity contribution in [3.63, 3.8) is 0 Å². The number of hydrogen-bond donors (Lipinski definition) is 0. The summed E-state index contributed by atoms with van der Waals surface area (Å²) in [6, 6.07) is 6.58. The molecular weight excluding hydrogens is 236 g/mol. The summed E-state index contributed by atoms with van der Waals surface area (Å²) in [7, 11) is 4.76. The van der Waals surface area contributed by atoms with Crippen LogP contribution >= 0.6 is 21.3 Å². The monoisotopic (exact) mass is 238 g/mol. The van der Waals surface area contributed by atoms with Crippen molar-refractivity contribution in [1.82, 2.24) is 0 Å². The SMILES string of the molecule is N#[N+]c1ccc(Cl)cc1.[Cl][Zn-]. The van der Waals surface area contributed by atoms with Gasteiger partial charge in [0.15, 0.2) is 4.98 Å². The molecule has 0 saturated carbocycles. The summed E-state index contributed by atoms with van der Waals surface area (Å²) in [5.74, 6) is 0. The molecule has 0 radical (unpaired) electrons. The van der Waals surface area contributed by atoms with Crippen LogP contribution in [-0.2, 0) is 17.3 Å². The number of diazo groups is 1. The van der Waals surface area contributed by atoms with Gasteiger partial charge in [-0.2, -0.15) is 0 Å². The molecule has 0 N–H and O–H groups in total. The molecular formula is C6H4Cl2N2Zn. The first-order chi connectivity index (χ1) is 5.33. The Balaban J connectivity index is 0.000000461. The topological polar surface area (TPSA) is 28.1 Å². The molecule has 0 aliphatic heterocycles. The zero-order valence-corrected chi connectivity index (χ0v) is 10.1. The van der Waals surface area contributed by atoms with Gasteiger partial charge < -0.3 is 0 Å². The third-order valence-corrected chi connectivity index (χ3v) is 1.19. The van der Waals surface area contributed by atoms with Gasteiger partial charge in [-0.25, -0.2) is 0 Å². The number of benzene rings is 1. The zero-order chi connectivity index (χ0) is 8.69. The first kappa shape index (κ1) is 10.8. The molecule has 0 heterocycles. The second-order valence-electron chi connectivity index (χ2n) is 1.58. The van der Waals surface area contributed by atoms with E-state index in [0.717, 1.165) is 17.3 Å². The van der Waals surface area contributed by atoms with Crippen LogP contribution in [0.25, 0.3) is 4.98 Å². The third-order valence-electron chi connectivity index (χ3n) is 0.942. The van der Waals surface area contributed by atoms with Crippen molar-refractivity contribution in [2.45, 2.75) is 0 Å². The van der Waals surface area contributed by atoms with Crippen molar-refractivity contribution < 1.29 is 17.3 Å². The number of rotatable bonds is 0. The van der Waals surface area contributed by atoms with E-state index < -0.39 is 0 Å². The van der Waals surface area contributed by atoms with Gasteiger partial charge in [0.05, 0.1) is 0 Å². The van der Waals surface area contributed by atoms with Crippen molar-refractivity contribution in [2.75, 3.05) is 0 Å². The van der Waals surface area contributed by atoms with Gasteiger partial charge in [-0.15, -0.1) is 0 Å². The summed E-state index contributed by atoms with van der Waals surface area (Å²) in [4.78, 5) is 2.95. The van der Waals surface area contributed by atoms with E-state index in [2.05, 4.69) is 4.98 Å². The van der Waals surface area contributed by atoms with E-state index in [1.807, 2.05) is 0 Å². The quantitative estimate of drug-likeness (QED) is 0.504. The van der Waals surface area contributed by atoms with E-state index >= 15 is 0 Å². The Kier molecular flexibility index (Phi) is 6.45. The summed E-state index contributed by atoms with van der Waals surface area (Å²) in [5, 5.41) is 8.85. The second kappa shape index (κ2) is 6.55. The van der Waals surface area contributed by atoms with Gasteiger partial charge in [0.2, 0.25) is 5.39 Å². The Morgan fingerprint density at radius 2 is 1.64 bits per heavy atom. The predicted octanol–water partition coefficient (Wildman–Crippen LogP) is 3.51. The minimum atomic E-state index is 0.513. The van der Waals surface area contributed by atoms with Crippen LogP contribution in [-0.4, -0.2) is 0 Å². The average Bonchev–Trinajstić information content (AvgIpc) is 2.10. The van der Waals surface area contributed by atoms with Crippen molar-refractivity contribution in [2.24, 2.45) is 0 Å². The van der Waals surface area contributed by atoms with Gasteiger partial charge in [-0.3, -0.25) is 0 Å². The van der Waals surface area contributed by atoms with Crippen LogP contribution in [0.5, 0.6) is 0 Å². The third kappa shape index (κ3) is 4.32. The molecule has 1 aromatic rings. The number of nitrogens with zero attached hydrogens (tertiary/aromatic N) is 2. The van der Waals surface area contributed by atoms with Crippen LogP contribution < -0.4 is 0 Å². The Morgan fingerprint density at radius 1 is 1.18 bits per heavy atom. The van der Waals surface area contributed by atoms with E-state index in [4.69, 9.17) is 26.7 Å². The zero-order valence-electron chi connectivity index (χ0n) is 5.67. The van der Waals surface area contributed by atoms with Crippen LogP contribution in [0.3, 0.4) is 0 Å². The van der Waals surface area contributed by atoms with Crippen molar-refractivity contribution in [3.05, 3.63) is 34.3 Å². The molecule has 1 aromatic carbocycles. The van der Waals surface area contributed by atoms with Crippen LogP contribution in [0, 0.1) is 5.39 Å². The molecule has 1 rings (SSSR count). The maximum atomic E-state index is 8.21. The minimum absolute atomic E-state index is 0.513. The van der Waals surface area contributed by atoms with Gasteiger partial charge in [0.1, 0.15) is 0 Å². The summed E-state index contributed by atoms with van der Waals surface area (Å²) < 4.78 is 0. The predicted molar refractivity (Wildman–Crippen MR) is 42.0 cm³/mol. The molecule has 0 aliphatic rings. The Morgan fingerprint density at radius 3 is 2.00 bits per heavy atom. The molecule has 0 fully saturated rings. The van der Waals surface area contributed by atoms with Gasteiger partial charge >= 0.3 is 32.7 Å². The van der Waals surface area contributed by atoms with Gasteiger partial charge in [0.25, 0.3) is 0 Å². The van der Waals surface area contributed by atoms with Crippen LogP contribution in [0.2, 0.25) is 5.02 Å². The van der Waals surface area contributed by atoms with Gasteiger partial charge in [-0.05, 0) is 12.1 Å². The molecule has 0 spiro atoms. The fraction of sp³-hybridized carbons (Fsp3) is 0. The van der Waals surface area contributed by atoms with Crippen molar-refractivity contribution in [1.29, 1.82) is 5.39 Å². The number of halogens is 2. The summed E-state index contributed by atoms with van der Waals surface area (Å²) in [6.07, 6.45) is 0. The maximum absolute atomic E-state index is 8.21. The first-order valence-corrected chi connectivity index (χ1v) is 6.98. The molecule has 2 nitrogen and oxygen atoms in total. The van der Waals surface area contributed by atoms with Crippen molar-refractivity contribution >= 4 is 27.0 Å². The molecule has 0 saturated heterocycles. The first-order valence-electron chi connectivity index (χ1n) is 2.70. The average molecular weight is 240 g/mol. The van der Waals surface area contributed by atoms with E-state index in [1.54, 1.807) is 24.3 Å². The molecule has 0 aromatic heterocycles.